The second kappa shape index (κ2) is 45.7. The van der Waals surface area contributed by atoms with Crippen LogP contribution in [0.25, 0.3) is 0 Å². The molecule has 43 heteroatoms. The van der Waals surface area contributed by atoms with Crippen molar-refractivity contribution in [2.24, 2.45) is 11.8 Å². The maximum atomic E-state index is 12.3. The van der Waals surface area contributed by atoms with E-state index in [-0.39, 0.29) is 145 Å². The van der Waals surface area contributed by atoms with Gasteiger partial charge in [-0.15, -0.1) is 8.96 Å². The molecule has 0 heterocycles. The fraction of sp³-hybridized carbons (Fsp3) is 1.00. The summed E-state index contributed by atoms with van der Waals surface area (Å²) in [6, 6.07) is 0. The first kappa shape index (κ1) is 75.1. The van der Waals surface area contributed by atoms with Crippen molar-refractivity contribution < 1.29 is 163 Å². The zero-order valence-electron chi connectivity index (χ0n) is 40.4. The molecule has 0 radical (unpaired) electrons. The molecular weight excluding hydrogens is 1160 g/mol. The van der Waals surface area contributed by atoms with Crippen LogP contribution in [0.4, 0.5) is 8.96 Å². The third kappa shape index (κ3) is 51.9. The van der Waals surface area contributed by atoms with Crippen LogP contribution in [0.5, 0.6) is 0 Å². The summed E-state index contributed by atoms with van der Waals surface area (Å²) in [5.74, 6) is -1.92. The van der Waals surface area contributed by atoms with Gasteiger partial charge >= 0.3 is 0 Å². The van der Waals surface area contributed by atoms with E-state index in [0.717, 1.165) is 0 Å². The Labute approximate surface area is 430 Å². The number of rotatable bonds is 58. The van der Waals surface area contributed by atoms with Crippen LogP contribution in [0.15, 0.2) is 0 Å². The highest BCUT2D eigenvalue weighted by Gasteiger charge is 2.19. The minimum atomic E-state index is -5.12. The van der Waals surface area contributed by atoms with Gasteiger partial charge < -0.3 is 127 Å². The van der Waals surface area contributed by atoms with Gasteiger partial charge in [0.2, 0.25) is 0 Å². The normalized spacial score (nSPS) is 17.8. The van der Waals surface area contributed by atoms with Gasteiger partial charge in [0, 0.05) is 31.5 Å². The standard InChI is InChI=1S/C32H72F2N2O33P6/c33-35-25-31(27-37)28-68-74(47,48)65-23-15-57-7-5-55-13-21-63-72(43,44)61-19-11-53-3-1-51-9-17-59-71(41,42)60-18-10-52-2-4-54-12-20-62-73(45,46)64-22-14-56-6-8-58-16-24-66-75(49,50)69-30-32(26-36-34)29-67-70(38,39)40/h31-32,35-37H,1-30H2,(H,41,42)(H,43,44)(H,45,46)(H,47,48)(H,49,50)(H2,38,39,40)/p-6. The van der Waals surface area contributed by atoms with Crippen molar-refractivity contribution in [2.75, 3.05) is 198 Å². The van der Waals surface area contributed by atoms with Crippen LogP contribution < -0.4 is 40.4 Å². The topological polar surface area (TPSA) is 481 Å². The Hall–Kier alpha value is 0.0800. The molecule has 0 rings (SSSR count). The number of phosphoric ester groups is 6. The molecule has 75 heavy (non-hydrogen) atoms. The summed E-state index contributed by atoms with van der Waals surface area (Å²) in [6.45, 7) is -8.10. The van der Waals surface area contributed by atoms with Gasteiger partial charge in [-0.1, -0.05) is 0 Å². The summed E-state index contributed by atoms with van der Waals surface area (Å²) in [7, 11) is -28.8. The number of hydrogen-bond acceptors (Lipinski definition) is 34. The molecule has 0 aliphatic heterocycles. The van der Waals surface area contributed by atoms with Crippen molar-refractivity contribution in [1.82, 2.24) is 11.1 Å². The van der Waals surface area contributed by atoms with E-state index in [1.807, 2.05) is 0 Å². The van der Waals surface area contributed by atoms with Crippen molar-refractivity contribution in [1.29, 1.82) is 0 Å². The van der Waals surface area contributed by atoms with Crippen molar-refractivity contribution in [3.8, 4) is 0 Å². The second-order valence-electron chi connectivity index (χ2n) is 13.7. The van der Waals surface area contributed by atoms with Crippen molar-refractivity contribution >= 4 is 46.9 Å². The summed E-state index contributed by atoms with van der Waals surface area (Å²) in [5.41, 5.74) is 2.47. The molecule has 35 nitrogen and oxygen atoms in total. The number of halogens is 2. The van der Waals surface area contributed by atoms with Gasteiger partial charge in [-0.25, -0.2) is 0 Å². The summed E-state index contributed by atoms with van der Waals surface area (Å²) >= 11 is 0. The minimum absolute atomic E-state index is 0.00350. The largest absolute Gasteiger partial charge is 0.756 e. The molecule has 0 saturated carbocycles. The first-order valence-corrected chi connectivity index (χ1v) is 30.8. The molecule has 0 aliphatic carbocycles. The molecule has 8 atom stereocenters. The average molecular weight is 1230 g/mol. The quantitative estimate of drug-likeness (QED) is 0.0258. The maximum Gasteiger partial charge on any atom is 0.268 e. The van der Waals surface area contributed by atoms with Crippen LogP contribution in [0.2, 0.25) is 0 Å². The van der Waals surface area contributed by atoms with Gasteiger partial charge in [0.1, 0.15) is 0 Å². The molecule has 0 saturated heterocycles. The third-order valence-corrected chi connectivity index (χ3v) is 13.1. The lowest BCUT2D eigenvalue weighted by Crippen LogP contribution is -2.27. The van der Waals surface area contributed by atoms with E-state index < -0.39 is 112 Å². The van der Waals surface area contributed by atoms with E-state index >= 15 is 0 Å². The molecule has 0 aromatic carbocycles. The zero-order chi connectivity index (χ0) is 56.2. The van der Waals surface area contributed by atoms with Gasteiger partial charge in [0.25, 0.3) is 46.9 Å². The predicted molar refractivity (Wildman–Crippen MR) is 232 cm³/mol. The van der Waals surface area contributed by atoms with Gasteiger partial charge in [-0.05, 0) is 0 Å². The number of ether oxygens (including phenoxy) is 8. The molecule has 0 fully saturated rings. The molecule has 452 valence electrons. The monoisotopic (exact) mass is 1230 g/mol. The summed E-state index contributed by atoms with van der Waals surface area (Å²) < 4.78 is 185. The molecule has 0 bridgehead atoms. The zero-order valence-corrected chi connectivity index (χ0v) is 45.7. The SMILES string of the molecule is O=P([O-])(O)OCC(CNF)COP(=O)([O-])OCCOCCOCCOP(=O)([O-])OCCOCCOCCOP(=O)([O-])OCCOCCOCCOP(=O)([O-])OCCOCCOCCOP(=O)([O-])OCC(CO)CNF. The molecule has 8 unspecified atom stereocenters. The van der Waals surface area contributed by atoms with E-state index in [2.05, 4.69) is 49.8 Å². The van der Waals surface area contributed by atoms with Crippen LogP contribution in [0.3, 0.4) is 0 Å². The van der Waals surface area contributed by atoms with Crippen LogP contribution in [0.1, 0.15) is 0 Å². The number of nitrogens with one attached hydrogen (secondary N) is 2. The highest BCUT2D eigenvalue weighted by molar-refractivity contribution is 7.47. The van der Waals surface area contributed by atoms with E-state index in [0.29, 0.717) is 0 Å². The average Bonchev–Trinajstić information content (AvgIpc) is 3.33. The van der Waals surface area contributed by atoms with E-state index in [9.17, 15) is 65.7 Å². The van der Waals surface area contributed by atoms with Crippen molar-refractivity contribution in [3.63, 3.8) is 0 Å². The summed E-state index contributed by atoms with van der Waals surface area (Å²) in [5, 5.41) is 8.99. The Bertz CT molecular complexity index is 1690. The lowest BCUT2D eigenvalue weighted by Gasteiger charge is -2.26. The molecule has 0 aromatic rings. The van der Waals surface area contributed by atoms with E-state index in [1.165, 1.54) is 11.1 Å². The van der Waals surface area contributed by atoms with Crippen LogP contribution >= 0.6 is 46.9 Å². The van der Waals surface area contributed by atoms with Crippen LogP contribution in [-0.2, 0) is 115 Å². The Kier molecular flexibility index (Phi) is 45.7. The van der Waals surface area contributed by atoms with E-state index in [4.69, 9.17) is 47.9 Å². The lowest BCUT2D eigenvalue weighted by molar-refractivity contribution is -0.230. The van der Waals surface area contributed by atoms with Crippen molar-refractivity contribution in [2.45, 2.75) is 0 Å². The molecular formula is C32H66F2N2O33P6-6. The molecule has 0 aromatic heterocycles. The Morgan fingerprint density at radius 1 is 0.320 bits per heavy atom. The number of hydrogen-bond donors (Lipinski definition) is 4. The van der Waals surface area contributed by atoms with E-state index in [1.54, 1.807) is 0 Å². The predicted octanol–water partition coefficient (Wildman–Crippen LogP) is -3.72. The minimum Gasteiger partial charge on any atom is -0.756 e. The summed E-state index contributed by atoms with van der Waals surface area (Å²) in [6.07, 6.45) is 0. The lowest BCUT2D eigenvalue weighted by atomic mass is 10.2. The first-order valence-electron chi connectivity index (χ1n) is 22.0. The second-order valence-corrected chi connectivity index (χ2v) is 22.0. The highest BCUT2D eigenvalue weighted by Crippen LogP contribution is 2.41. The highest BCUT2D eigenvalue weighted by atomic mass is 31.2. The van der Waals surface area contributed by atoms with Gasteiger partial charge in [-0.2, -0.15) is 11.1 Å². The maximum absolute atomic E-state index is 12.3. The Balaban J connectivity index is 3.69. The number of aliphatic hydroxyl groups is 1. The van der Waals surface area contributed by atoms with Crippen molar-refractivity contribution in [3.05, 3.63) is 0 Å². The Morgan fingerprint density at radius 2 is 0.507 bits per heavy atom. The number of phosphoric acid groups is 6. The smallest absolute Gasteiger partial charge is 0.268 e. The molecule has 0 spiro atoms. The fourth-order valence-corrected chi connectivity index (χ4v) is 8.24. The fourth-order valence-electron chi connectivity index (χ4n) is 4.29. The van der Waals surface area contributed by atoms with Gasteiger partial charge in [0.05, 0.1) is 178 Å². The first-order chi connectivity index (χ1) is 35.5. The molecule has 4 N–H and O–H groups in total. The van der Waals surface area contributed by atoms with Crippen LogP contribution in [0, 0.1) is 11.8 Å². The Morgan fingerprint density at radius 3 is 0.720 bits per heavy atom. The third-order valence-electron chi connectivity index (χ3n) is 7.70. The molecule has 0 aliphatic rings. The number of aliphatic hydroxyl groups excluding tert-OH is 1. The van der Waals surface area contributed by atoms with Gasteiger partial charge in [0.15, 0.2) is 0 Å². The van der Waals surface area contributed by atoms with Gasteiger partial charge in [-0.3, -0.25) is 27.4 Å². The summed E-state index contributed by atoms with van der Waals surface area (Å²) in [4.78, 5) is 78.2. The van der Waals surface area contributed by atoms with Crippen LogP contribution in [-0.4, -0.2) is 208 Å². The molecule has 0 amide bonds.